The highest BCUT2D eigenvalue weighted by Gasteiger charge is 2.37. The van der Waals surface area contributed by atoms with E-state index in [-0.39, 0.29) is 6.04 Å². The number of hydrogen-bond acceptors (Lipinski definition) is 5. The number of aromatic nitrogens is 2. The van der Waals surface area contributed by atoms with E-state index < -0.39 is 16.2 Å². The maximum atomic E-state index is 13.5. The van der Waals surface area contributed by atoms with Crippen LogP contribution in [0.2, 0.25) is 0 Å². The van der Waals surface area contributed by atoms with Crippen molar-refractivity contribution in [2.45, 2.75) is 57.9 Å². The highest BCUT2D eigenvalue weighted by Crippen LogP contribution is 2.38. The van der Waals surface area contributed by atoms with Crippen LogP contribution >= 0.6 is 0 Å². The smallest absolute Gasteiger partial charge is 0.307 e. The number of aryl methyl sites for hydroxylation is 3. The molecule has 10 heteroatoms. The number of carbonyl (C=O) groups excluding carboxylic acids is 1. The quantitative estimate of drug-likeness (QED) is 0.672. The second-order valence-electron chi connectivity index (χ2n) is 9.30. The first kappa shape index (κ1) is 22.2. The van der Waals surface area contributed by atoms with E-state index >= 15 is 0 Å². The van der Waals surface area contributed by atoms with E-state index in [1.165, 1.54) is 32.8 Å². The van der Waals surface area contributed by atoms with Gasteiger partial charge in [-0.15, -0.1) is 0 Å². The van der Waals surface area contributed by atoms with E-state index in [1.807, 2.05) is 0 Å². The number of carbonyl (C=O) groups is 1. The Morgan fingerprint density at radius 3 is 2.45 bits per heavy atom. The van der Waals surface area contributed by atoms with Crippen LogP contribution in [0.15, 0.2) is 18.5 Å². The Balaban J connectivity index is 1.40. The highest BCUT2D eigenvalue weighted by molar-refractivity contribution is 7.91. The van der Waals surface area contributed by atoms with Gasteiger partial charge in [-0.1, -0.05) is 13.0 Å². The zero-order valence-corrected chi connectivity index (χ0v) is 20.1. The number of anilines is 2. The SMILES string of the molecule is CCN1CCC(N(c2cnn(C)c2)S(=O)(=O)NC(=O)Nc2c3c(cc4c2CCC4)CCC3)C1. The molecule has 178 valence electrons. The summed E-state index contributed by atoms with van der Waals surface area (Å²) in [7, 11) is -2.39. The fourth-order valence-electron chi connectivity index (χ4n) is 5.63. The van der Waals surface area contributed by atoms with Crippen molar-refractivity contribution in [3.8, 4) is 0 Å². The average Bonchev–Trinajstić information content (AvgIpc) is 3.54. The van der Waals surface area contributed by atoms with E-state index in [4.69, 9.17) is 0 Å². The molecule has 0 saturated carbocycles. The minimum absolute atomic E-state index is 0.260. The van der Waals surface area contributed by atoms with Crippen molar-refractivity contribution < 1.29 is 13.2 Å². The standard InChI is InChI=1S/C23H32N6O3S/c1-3-28-11-10-18(15-28)29(19-13-24-27(2)14-19)33(31,32)26-23(30)25-22-20-8-4-6-16(20)12-17-7-5-9-21(17)22/h12-14,18H,3-11,15H2,1-2H3,(H2,25,26,30). The summed E-state index contributed by atoms with van der Waals surface area (Å²) in [4.78, 5) is 15.3. The molecule has 5 rings (SSSR count). The fraction of sp³-hybridized carbons (Fsp3) is 0.565. The summed E-state index contributed by atoms with van der Waals surface area (Å²) < 4.78 is 32.2. The van der Waals surface area contributed by atoms with Gasteiger partial charge >= 0.3 is 16.2 Å². The number of fused-ring (bicyclic) bond motifs is 2. The van der Waals surface area contributed by atoms with Gasteiger partial charge in [0.15, 0.2) is 0 Å². The van der Waals surface area contributed by atoms with Gasteiger partial charge in [-0.3, -0.25) is 4.68 Å². The maximum absolute atomic E-state index is 13.5. The van der Waals surface area contributed by atoms with E-state index in [2.05, 4.69) is 33.0 Å². The summed E-state index contributed by atoms with van der Waals surface area (Å²) in [6.07, 6.45) is 9.90. The molecule has 2 aliphatic carbocycles. The van der Waals surface area contributed by atoms with Gasteiger partial charge in [0.1, 0.15) is 0 Å². The van der Waals surface area contributed by atoms with Gasteiger partial charge in [-0.2, -0.15) is 13.5 Å². The van der Waals surface area contributed by atoms with Crippen LogP contribution < -0.4 is 14.3 Å². The molecule has 9 nitrogen and oxygen atoms in total. The van der Waals surface area contributed by atoms with Crippen LogP contribution in [0.5, 0.6) is 0 Å². The number of urea groups is 1. The Morgan fingerprint density at radius 2 is 1.88 bits per heavy atom. The molecule has 1 aromatic heterocycles. The van der Waals surface area contributed by atoms with Gasteiger partial charge < -0.3 is 10.2 Å². The van der Waals surface area contributed by atoms with Crippen LogP contribution in [0.1, 0.15) is 48.4 Å². The number of hydrogen-bond donors (Lipinski definition) is 2. The second-order valence-corrected chi connectivity index (χ2v) is 10.8. The first-order valence-corrected chi connectivity index (χ1v) is 13.3. The lowest BCUT2D eigenvalue weighted by Crippen LogP contribution is -2.50. The summed E-state index contributed by atoms with van der Waals surface area (Å²) >= 11 is 0. The normalized spacial score (nSPS) is 20.0. The zero-order valence-electron chi connectivity index (χ0n) is 19.3. The van der Waals surface area contributed by atoms with Gasteiger partial charge in [-0.05, 0) is 73.7 Å². The Morgan fingerprint density at radius 1 is 1.18 bits per heavy atom. The molecular weight excluding hydrogens is 440 g/mol. The molecule has 2 N–H and O–H groups in total. The molecule has 3 aliphatic rings. The largest absolute Gasteiger partial charge is 0.334 e. The third-order valence-electron chi connectivity index (χ3n) is 7.16. The lowest BCUT2D eigenvalue weighted by atomic mass is 9.99. The van der Waals surface area contributed by atoms with Crippen molar-refractivity contribution >= 4 is 27.6 Å². The third-order valence-corrected chi connectivity index (χ3v) is 8.63. The number of amides is 2. The molecular formula is C23H32N6O3S. The predicted octanol–water partition coefficient (Wildman–Crippen LogP) is 2.36. The van der Waals surface area contributed by atoms with Crippen LogP contribution in [0.25, 0.3) is 0 Å². The van der Waals surface area contributed by atoms with Crippen molar-refractivity contribution in [3.05, 3.63) is 40.7 Å². The molecule has 2 heterocycles. The second kappa shape index (κ2) is 8.64. The van der Waals surface area contributed by atoms with Crippen molar-refractivity contribution in [3.63, 3.8) is 0 Å². The maximum Gasteiger partial charge on any atom is 0.334 e. The van der Waals surface area contributed by atoms with Crippen molar-refractivity contribution in [1.29, 1.82) is 0 Å². The van der Waals surface area contributed by atoms with Crippen LogP contribution in [-0.4, -0.2) is 54.8 Å². The monoisotopic (exact) mass is 472 g/mol. The molecule has 0 bridgehead atoms. The summed E-state index contributed by atoms with van der Waals surface area (Å²) in [5.41, 5.74) is 6.20. The van der Waals surface area contributed by atoms with E-state index in [0.29, 0.717) is 18.7 Å². The lowest BCUT2D eigenvalue weighted by molar-refractivity contribution is 0.256. The number of likely N-dealkylation sites (N-methyl/N-ethyl adjacent to an activating group) is 1. The summed E-state index contributed by atoms with van der Waals surface area (Å²) in [5, 5.41) is 7.09. The number of nitrogens with one attached hydrogen (secondary N) is 2. The first-order valence-electron chi connectivity index (χ1n) is 11.9. The van der Waals surface area contributed by atoms with Gasteiger partial charge in [0.2, 0.25) is 0 Å². The summed E-state index contributed by atoms with van der Waals surface area (Å²) in [6, 6.07) is 1.32. The van der Waals surface area contributed by atoms with Crippen LogP contribution in [0.4, 0.5) is 16.2 Å². The molecule has 2 aromatic rings. The number of nitrogens with zero attached hydrogens (tertiary/aromatic N) is 4. The van der Waals surface area contributed by atoms with Crippen LogP contribution in [0.3, 0.4) is 0 Å². The first-order chi connectivity index (χ1) is 15.9. The summed E-state index contributed by atoms with van der Waals surface area (Å²) in [6.45, 7) is 4.36. The van der Waals surface area contributed by atoms with Crippen LogP contribution in [-0.2, 0) is 42.9 Å². The van der Waals surface area contributed by atoms with E-state index in [1.54, 1.807) is 17.9 Å². The Bertz CT molecular complexity index is 1140. The predicted molar refractivity (Wildman–Crippen MR) is 128 cm³/mol. The fourth-order valence-corrected chi connectivity index (χ4v) is 6.95. The minimum atomic E-state index is -4.13. The number of benzene rings is 1. The van der Waals surface area contributed by atoms with Gasteiger partial charge in [0, 0.05) is 32.0 Å². The number of likely N-dealkylation sites (tertiary alicyclic amines) is 1. The lowest BCUT2D eigenvalue weighted by Gasteiger charge is -2.29. The molecule has 33 heavy (non-hydrogen) atoms. The highest BCUT2D eigenvalue weighted by atomic mass is 32.2. The Labute approximate surface area is 195 Å². The topological polar surface area (TPSA) is 99.6 Å². The number of rotatable bonds is 6. The Kier molecular flexibility index (Phi) is 5.82. The van der Waals surface area contributed by atoms with E-state index in [9.17, 15) is 13.2 Å². The van der Waals surface area contributed by atoms with Gasteiger partial charge in [-0.25, -0.2) is 13.8 Å². The minimum Gasteiger partial charge on any atom is -0.307 e. The molecule has 1 aromatic carbocycles. The van der Waals surface area contributed by atoms with E-state index in [0.717, 1.165) is 57.3 Å². The summed E-state index contributed by atoms with van der Waals surface area (Å²) in [5.74, 6) is 0. The zero-order chi connectivity index (χ0) is 23.2. The molecule has 2 amide bonds. The average molecular weight is 473 g/mol. The third kappa shape index (κ3) is 4.21. The van der Waals surface area contributed by atoms with Crippen molar-refractivity contribution in [2.24, 2.45) is 7.05 Å². The molecule has 1 atom stereocenters. The molecule has 1 fully saturated rings. The van der Waals surface area contributed by atoms with Crippen molar-refractivity contribution in [2.75, 3.05) is 29.3 Å². The molecule has 0 radical (unpaired) electrons. The van der Waals surface area contributed by atoms with Crippen LogP contribution in [0, 0.1) is 0 Å². The molecule has 1 saturated heterocycles. The molecule has 0 spiro atoms. The van der Waals surface area contributed by atoms with Gasteiger partial charge in [0.05, 0.1) is 17.9 Å². The van der Waals surface area contributed by atoms with Gasteiger partial charge in [0.25, 0.3) is 0 Å². The van der Waals surface area contributed by atoms with Crippen molar-refractivity contribution in [1.82, 2.24) is 19.4 Å². The molecule has 1 aliphatic heterocycles. The Hall–Kier alpha value is -2.59. The molecule has 1 unspecified atom stereocenters.